The zero-order valence-corrected chi connectivity index (χ0v) is 7.03. The smallest absolute Gasteiger partial charge is 0.396 e. The Morgan fingerprint density at radius 1 is 1.21 bits per heavy atom. The summed E-state index contributed by atoms with van der Waals surface area (Å²) < 4.78 is 49.5. The van der Waals surface area contributed by atoms with Crippen molar-refractivity contribution in [3.05, 3.63) is 29.1 Å². The lowest BCUT2D eigenvalue weighted by atomic mass is 10.1. The molecule has 0 radical (unpaired) electrons. The first-order valence-corrected chi connectivity index (χ1v) is 3.72. The first kappa shape index (κ1) is 10.8. The average molecular weight is 208 g/mol. The van der Waals surface area contributed by atoms with Gasteiger partial charge in [-0.1, -0.05) is 6.07 Å². The standard InChI is InChI=1S/C8H8F4N2/c9-6-5(8(10,11)12)2-1-4(3-13)7(6)14/h1-2H,3,13-14H2. The lowest BCUT2D eigenvalue weighted by molar-refractivity contribution is -0.139. The van der Waals surface area contributed by atoms with E-state index in [9.17, 15) is 17.6 Å². The van der Waals surface area contributed by atoms with Crippen molar-refractivity contribution < 1.29 is 17.6 Å². The molecule has 0 fully saturated rings. The normalized spacial score (nSPS) is 11.8. The predicted molar refractivity (Wildman–Crippen MR) is 43.7 cm³/mol. The van der Waals surface area contributed by atoms with E-state index in [1.165, 1.54) is 0 Å². The Morgan fingerprint density at radius 3 is 2.21 bits per heavy atom. The summed E-state index contributed by atoms with van der Waals surface area (Å²) in [6.45, 7) is -0.0963. The molecule has 0 aliphatic carbocycles. The molecular formula is C8H8F4N2. The van der Waals surface area contributed by atoms with E-state index in [0.717, 1.165) is 6.07 Å². The minimum Gasteiger partial charge on any atom is -0.396 e. The van der Waals surface area contributed by atoms with Gasteiger partial charge in [0, 0.05) is 6.54 Å². The number of hydrogen-bond donors (Lipinski definition) is 2. The number of halogens is 4. The van der Waals surface area contributed by atoms with E-state index in [4.69, 9.17) is 11.5 Å². The molecule has 0 amide bonds. The van der Waals surface area contributed by atoms with Gasteiger partial charge < -0.3 is 11.5 Å². The molecular weight excluding hydrogens is 200 g/mol. The Balaban J connectivity index is 3.31. The van der Waals surface area contributed by atoms with Gasteiger partial charge in [-0.3, -0.25) is 0 Å². The van der Waals surface area contributed by atoms with Gasteiger partial charge in [-0.05, 0) is 11.6 Å². The number of rotatable bonds is 1. The van der Waals surface area contributed by atoms with Crippen molar-refractivity contribution in [3.8, 4) is 0 Å². The quantitative estimate of drug-likeness (QED) is 0.547. The minimum atomic E-state index is -4.73. The number of benzene rings is 1. The second-order valence-corrected chi connectivity index (χ2v) is 2.70. The number of nitrogens with two attached hydrogens (primary N) is 2. The van der Waals surface area contributed by atoms with Crippen molar-refractivity contribution in [3.63, 3.8) is 0 Å². The van der Waals surface area contributed by atoms with Crippen LogP contribution in [-0.2, 0) is 12.7 Å². The van der Waals surface area contributed by atoms with Crippen LogP contribution in [0.2, 0.25) is 0 Å². The highest BCUT2D eigenvalue weighted by Gasteiger charge is 2.35. The maximum atomic E-state index is 13.0. The predicted octanol–water partition coefficient (Wildman–Crippen LogP) is 1.89. The zero-order valence-electron chi connectivity index (χ0n) is 7.03. The molecule has 0 saturated carbocycles. The van der Waals surface area contributed by atoms with Crippen LogP contribution < -0.4 is 11.5 Å². The van der Waals surface area contributed by atoms with E-state index in [1.807, 2.05) is 0 Å². The highest BCUT2D eigenvalue weighted by molar-refractivity contribution is 5.51. The van der Waals surface area contributed by atoms with E-state index in [0.29, 0.717) is 6.07 Å². The van der Waals surface area contributed by atoms with E-state index in [1.54, 1.807) is 0 Å². The zero-order chi connectivity index (χ0) is 10.9. The molecule has 0 aliphatic rings. The van der Waals surface area contributed by atoms with E-state index in [-0.39, 0.29) is 12.1 Å². The largest absolute Gasteiger partial charge is 0.419 e. The van der Waals surface area contributed by atoms with Crippen LogP contribution in [0.3, 0.4) is 0 Å². The Bertz CT molecular complexity index is 346. The molecule has 14 heavy (non-hydrogen) atoms. The van der Waals surface area contributed by atoms with Crippen LogP contribution in [0.4, 0.5) is 23.2 Å². The molecule has 0 saturated heterocycles. The summed E-state index contributed by atoms with van der Waals surface area (Å²) in [6.07, 6.45) is -4.73. The molecule has 78 valence electrons. The van der Waals surface area contributed by atoms with Crippen molar-refractivity contribution in [2.45, 2.75) is 12.7 Å². The van der Waals surface area contributed by atoms with Crippen LogP contribution >= 0.6 is 0 Å². The molecule has 0 bridgehead atoms. The maximum absolute atomic E-state index is 13.0. The second-order valence-electron chi connectivity index (χ2n) is 2.70. The molecule has 0 atom stereocenters. The Hall–Kier alpha value is -1.30. The van der Waals surface area contributed by atoms with Crippen LogP contribution in [0.5, 0.6) is 0 Å². The average Bonchev–Trinajstić information content (AvgIpc) is 2.07. The minimum absolute atomic E-state index is 0.0963. The van der Waals surface area contributed by atoms with Gasteiger partial charge in [0.15, 0.2) is 5.82 Å². The molecule has 0 aliphatic heterocycles. The first-order chi connectivity index (χ1) is 6.38. The summed E-state index contributed by atoms with van der Waals surface area (Å²) in [5.74, 6) is -1.46. The maximum Gasteiger partial charge on any atom is 0.419 e. The fourth-order valence-corrected chi connectivity index (χ4v) is 1.03. The number of alkyl halides is 3. The molecule has 4 N–H and O–H groups in total. The monoisotopic (exact) mass is 208 g/mol. The second kappa shape index (κ2) is 3.45. The Morgan fingerprint density at radius 2 is 1.79 bits per heavy atom. The summed E-state index contributed by atoms with van der Waals surface area (Å²) in [6, 6.07) is 1.70. The van der Waals surface area contributed by atoms with Gasteiger partial charge in [-0.25, -0.2) is 4.39 Å². The van der Waals surface area contributed by atoms with Crippen molar-refractivity contribution in [1.82, 2.24) is 0 Å². The number of anilines is 1. The summed E-state index contributed by atoms with van der Waals surface area (Å²) in [4.78, 5) is 0. The van der Waals surface area contributed by atoms with Gasteiger partial charge in [-0.2, -0.15) is 13.2 Å². The molecule has 6 heteroatoms. The fourth-order valence-electron chi connectivity index (χ4n) is 1.03. The summed E-state index contributed by atoms with van der Waals surface area (Å²) in [5.41, 5.74) is 8.54. The van der Waals surface area contributed by atoms with Gasteiger partial charge in [0.25, 0.3) is 0 Å². The molecule has 1 aromatic rings. The van der Waals surface area contributed by atoms with E-state index >= 15 is 0 Å². The SMILES string of the molecule is NCc1ccc(C(F)(F)F)c(F)c1N. The van der Waals surface area contributed by atoms with Gasteiger partial charge in [0.05, 0.1) is 11.3 Å². The molecule has 0 heterocycles. The third kappa shape index (κ3) is 1.79. The first-order valence-electron chi connectivity index (χ1n) is 3.72. The summed E-state index contributed by atoms with van der Waals surface area (Å²) in [5, 5.41) is 0. The summed E-state index contributed by atoms with van der Waals surface area (Å²) >= 11 is 0. The van der Waals surface area contributed by atoms with Gasteiger partial charge in [0.2, 0.25) is 0 Å². The van der Waals surface area contributed by atoms with Gasteiger partial charge in [-0.15, -0.1) is 0 Å². The van der Waals surface area contributed by atoms with Crippen LogP contribution in [0.15, 0.2) is 12.1 Å². The highest BCUT2D eigenvalue weighted by atomic mass is 19.4. The third-order valence-corrected chi connectivity index (χ3v) is 1.80. The van der Waals surface area contributed by atoms with Crippen LogP contribution in [0, 0.1) is 5.82 Å². The van der Waals surface area contributed by atoms with Crippen LogP contribution in [-0.4, -0.2) is 0 Å². The summed E-state index contributed by atoms with van der Waals surface area (Å²) in [7, 11) is 0. The lowest BCUT2D eigenvalue weighted by Gasteiger charge is -2.11. The molecule has 0 spiro atoms. The third-order valence-electron chi connectivity index (χ3n) is 1.80. The van der Waals surface area contributed by atoms with Crippen molar-refractivity contribution in [1.29, 1.82) is 0 Å². The fraction of sp³-hybridized carbons (Fsp3) is 0.250. The molecule has 2 nitrogen and oxygen atoms in total. The number of nitrogen functional groups attached to an aromatic ring is 1. The van der Waals surface area contributed by atoms with E-state index in [2.05, 4.69) is 0 Å². The van der Waals surface area contributed by atoms with Gasteiger partial charge in [0.1, 0.15) is 0 Å². The van der Waals surface area contributed by atoms with E-state index < -0.39 is 23.2 Å². The van der Waals surface area contributed by atoms with Crippen molar-refractivity contribution in [2.75, 3.05) is 5.73 Å². The molecule has 0 unspecified atom stereocenters. The Kier molecular flexibility index (Phi) is 2.66. The van der Waals surface area contributed by atoms with Crippen LogP contribution in [0.1, 0.15) is 11.1 Å². The molecule has 0 aromatic heterocycles. The Labute approximate surface area is 77.5 Å². The van der Waals surface area contributed by atoms with Crippen molar-refractivity contribution in [2.24, 2.45) is 5.73 Å². The molecule has 1 aromatic carbocycles. The van der Waals surface area contributed by atoms with Crippen LogP contribution in [0.25, 0.3) is 0 Å². The molecule has 1 rings (SSSR count). The highest BCUT2D eigenvalue weighted by Crippen LogP contribution is 2.34. The van der Waals surface area contributed by atoms with Crippen molar-refractivity contribution >= 4 is 5.69 Å². The number of hydrogen-bond acceptors (Lipinski definition) is 2. The topological polar surface area (TPSA) is 52.0 Å². The van der Waals surface area contributed by atoms with Gasteiger partial charge >= 0.3 is 6.18 Å². The lowest BCUT2D eigenvalue weighted by Crippen LogP contribution is -2.12.